The van der Waals surface area contributed by atoms with Crippen molar-refractivity contribution in [2.24, 2.45) is 0 Å². The van der Waals surface area contributed by atoms with Crippen molar-refractivity contribution in [3.63, 3.8) is 0 Å². The van der Waals surface area contributed by atoms with E-state index in [4.69, 9.17) is 23.9 Å². The quantitative estimate of drug-likeness (QED) is 0.290. The SMILES string of the molecule is O=C1c2ccccc2C(=O)N1OCCOCCOCCOCCON1C(=O)c2ccccc2C1=O. The molecular formula is C24H24N2O9. The van der Waals surface area contributed by atoms with E-state index in [2.05, 4.69) is 0 Å². The van der Waals surface area contributed by atoms with Gasteiger partial charge < -0.3 is 14.2 Å². The van der Waals surface area contributed by atoms with Crippen LogP contribution in [0.5, 0.6) is 0 Å². The molecule has 0 spiro atoms. The van der Waals surface area contributed by atoms with Gasteiger partial charge in [-0.3, -0.25) is 28.9 Å². The van der Waals surface area contributed by atoms with Crippen molar-refractivity contribution in [2.45, 2.75) is 0 Å². The number of hydroxylamine groups is 4. The van der Waals surface area contributed by atoms with Crippen molar-refractivity contribution in [1.29, 1.82) is 0 Å². The molecule has 0 atom stereocenters. The minimum absolute atomic E-state index is 0.0433. The lowest BCUT2D eigenvalue weighted by atomic mass is 10.1. The number of amides is 4. The molecule has 0 unspecified atom stereocenters. The molecule has 0 radical (unpaired) electrons. The summed E-state index contributed by atoms with van der Waals surface area (Å²) < 4.78 is 16.1. The third kappa shape index (κ3) is 5.61. The third-order valence-corrected chi connectivity index (χ3v) is 5.15. The summed E-state index contributed by atoms with van der Waals surface area (Å²) in [4.78, 5) is 59.1. The van der Waals surface area contributed by atoms with E-state index < -0.39 is 23.6 Å². The summed E-state index contributed by atoms with van der Waals surface area (Å²) in [6.07, 6.45) is 0. The summed E-state index contributed by atoms with van der Waals surface area (Å²) in [5.41, 5.74) is 1.29. The number of nitrogens with zero attached hydrogens (tertiary/aromatic N) is 2. The molecule has 2 aliphatic heterocycles. The molecule has 0 bridgehead atoms. The molecule has 2 aliphatic rings. The van der Waals surface area contributed by atoms with Gasteiger partial charge in [0.1, 0.15) is 0 Å². The molecule has 4 rings (SSSR count). The van der Waals surface area contributed by atoms with E-state index in [0.717, 1.165) is 10.1 Å². The molecule has 4 amide bonds. The maximum atomic E-state index is 12.1. The number of carbonyl (C=O) groups excluding carboxylic acids is 4. The Hall–Kier alpha value is -3.48. The predicted octanol–water partition coefficient (Wildman–Crippen LogP) is 1.49. The van der Waals surface area contributed by atoms with Crippen LogP contribution in [0.2, 0.25) is 0 Å². The normalized spacial score (nSPS) is 14.7. The molecule has 0 fully saturated rings. The minimum Gasteiger partial charge on any atom is -0.377 e. The molecular weight excluding hydrogens is 460 g/mol. The number of carbonyl (C=O) groups is 4. The number of benzene rings is 2. The smallest absolute Gasteiger partial charge is 0.285 e. The van der Waals surface area contributed by atoms with Crippen LogP contribution in [-0.4, -0.2) is 86.6 Å². The topological polar surface area (TPSA) is 121 Å². The second kappa shape index (κ2) is 11.8. The second-order valence-electron chi connectivity index (χ2n) is 7.40. The van der Waals surface area contributed by atoms with Gasteiger partial charge in [0, 0.05) is 0 Å². The summed E-state index contributed by atoms with van der Waals surface area (Å²) in [6.45, 7) is 1.70. The van der Waals surface area contributed by atoms with Gasteiger partial charge >= 0.3 is 0 Å². The zero-order valence-electron chi connectivity index (χ0n) is 18.8. The van der Waals surface area contributed by atoms with Crippen molar-refractivity contribution >= 4 is 23.6 Å². The molecule has 0 saturated carbocycles. The van der Waals surface area contributed by atoms with E-state index in [0.29, 0.717) is 48.7 Å². The van der Waals surface area contributed by atoms with Crippen molar-refractivity contribution < 1.29 is 43.1 Å². The van der Waals surface area contributed by atoms with Crippen LogP contribution in [0, 0.1) is 0 Å². The Morgan fingerprint density at radius 1 is 0.429 bits per heavy atom. The standard InChI is InChI=1S/C24H24N2O9/c27-21-17-5-1-2-6-18(17)22(28)25(21)34-15-13-32-11-9-31-10-12-33-14-16-35-26-23(29)19-7-3-4-8-20(19)24(26)30/h1-8H,9-16H2. The fourth-order valence-corrected chi connectivity index (χ4v) is 3.49. The number of rotatable bonds is 14. The first-order valence-electron chi connectivity index (χ1n) is 11.0. The number of imide groups is 2. The van der Waals surface area contributed by atoms with Crippen LogP contribution in [0.25, 0.3) is 0 Å². The Kier molecular flexibility index (Phi) is 8.29. The number of hydrogen-bond donors (Lipinski definition) is 0. The maximum Gasteiger partial charge on any atom is 0.285 e. The summed E-state index contributed by atoms with van der Waals surface area (Å²) >= 11 is 0. The maximum absolute atomic E-state index is 12.1. The van der Waals surface area contributed by atoms with Crippen LogP contribution >= 0.6 is 0 Å². The highest BCUT2D eigenvalue weighted by Gasteiger charge is 2.37. The van der Waals surface area contributed by atoms with Crippen LogP contribution in [0.4, 0.5) is 0 Å². The molecule has 11 heteroatoms. The van der Waals surface area contributed by atoms with E-state index in [-0.39, 0.29) is 26.4 Å². The van der Waals surface area contributed by atoms with Crippen molar-refractivity contribution in [3.8, 4) is 0 Å². The van der Waals surface area contributed by atoms with E-state index in [9.17, 15) is 19.2 Å². The van der Waals surface area contributed by atoms with E-state index in [1.54, 1.807) is 48.5 Å². The summed E-state index contributed by atoms with van der Waals surface area (Å²) in [7, 11) is 0. The zero-order chi connectivity index (χ0) is 24.6. The van der Waals surface area contributed by atoms with Gasteiger partial charge in [0.2, 0.25) is 0 Å². The highest BCUT2D eigenvalue weighted by molar-refractivity contribution is 6.21. The molecule has 0 N–H and O–H groups in total. The number of ether oxygens (including phenoxy) is 3. The number of hydrogen-bond acceptors (Lipinski definition) is 9. The molecule has 35 heavy (non-hydrogen) atoms. The van der Waals surface area contributed by atoms with Crippen molar-refractivity contribution in [2.75, 3.05) is 52.9 Å². The molecule has 0 saturated heterocycles. The monoisotopic (exact) mass is 484 g/mol. The average Bonchev–Trinajstić information content (AvgIpc) is 3.27. The fourth-order valence-electron chi connectivity index (χ4n) is 3.49. The van der Waals surface area contributed by atoms with Gasteiger partial charge in [-0.05, 0) is 24.3 Å². The first-order chi connectivity index (χ1) is 17.1. The van der Waals surface area contributed by atoms with E-state index >= 15 is 0 Å². The lowest BCUT2D eigenvalue weighted by Gasteiger charge is -2.14. The average molecular weight is 484 g/mol. The Bertz CT molecular complexity index is 948. The van der Waals surface area contributed by atoms with E-state index in [1.165, 1.54) is 0 Å². The Labute approximate surface area is 200 Å². The minimum atomic E-state index is -0.483. The van der Waals surface area contributed by atoms with Crippen LogP contribution in [0.3, 0.4) is 0 Å². The van der Waals surface area contributed by atoms with Gasteiger partial charge in [-0.1, -0.05) is 24.3 Å². The van der Waals surface area contributed by atoms with Gasteiger partial charge in [-0.15, -0.1) is 10.1 Å². The van der Waals surface area contributed by atoms with Crippen LogP contribution in [0.1, 0.15) is 41.4 Å². The van der Waals surface area contributed by atoms with Gasteiger partial charge in [0.25, 0.3) is 23.6 Å². The Balaban J connectivity index is 0.976. The largest absolute Gasteiger partial charge is 0.377 e. The Morgan fingerprint density at radius 3 is 0.971 bits per heavy atom. The molecule has 11 nitrogen and oxygen atoms in total. The first-order valence-corrected chi connectivity index (χ1v) is 11.0. The molecule has 184 valence electrons. The Morgan fingerprint density at radius 2 is 0.686 bits per heavy atom. The molecule has 2 aromatic rings. The van der Waals surface area contributed by atoms with Crippen LogP contribution in [-0.2, 0) is 23.9 Å². The highest BCUT2D eigenvalue weighted by Crippen LogP contribution is 2.23. The van der Waals surface area contributed by atoms with Crippen molar-refractivity contribution in [1.82, 2.24) is 10.1 Å². The van der Waals surface area contributed by atoms with Gasteiger partial charge in [0.15, 0.2) is 0 Å². The summed E-state index contributed by atoms with van der Waals surface area (Å²) in [5, 5.41) is 1.50. The zero-order valence-corrected chi connectivity index (χ0v) is 18.8. The molecule has 0 aliphatic carbocycles. The first kappa shape index (κ1) is 24.6. The highest BCUT2D eigenvalue weighted by atomic mass is 16.7. The van der Waals surface area contributed by atoms with Crippen molar-refractivity contribution in [3.05, 3.63) is 70.8 Å². The number of fused-ring (bicyclic) bond motifs is 2. The summed E-state index contributed by atoms with van der Waals surface area (Å²) in [5.74, 6) is -1.93. The van der Waals surface area contributed by atoms with Gasteiger partial charge in [-0.2, -0.15) is 0 Å². The fraction of sp³-hybridized carbons (Fsp3) is 0.333. The lowest BCUT2D eigenvalue weighted by molar-refractivity contribution is -0.110. The predicted molar refractivity (Wildman–Crippen MR) is 118 cm³/mol. The van der Waals surface area contributed by atoms with E-state index in [1.807, 2.05) is 0 Å². The molecule has 2 heterocycles. The summed E-state index contributed by atoms with van der Waals surface area (Å²) in [6, 6.07) is 13.1. The van der Waals surface area contributed by atoms with Crippen LogP contribution < -0.4 is 0 Å². The van der Waals surface area contributed by atoms with Gasteiger partial charge in [-0.25, -0.2) is 0 Å². The second-order valence-corrected chi connectivity index (χ2v) is 7.40. The molecule has 2 aromatic carbocycles. The van der Waals surface area contributed by atoms with Crippen LogP contribution in [0.15, 0.2) is 48.5 Å². The molecule has 0 aromatic heterocycles. The lowest BCUT2D eigenvalue weighted by Crippen LogP contribution is -2.31. The van der Waals surface area contributed by atoms with Gasteiger partial charge in [0.05, 0.1) is 75.1 Å². The third-order valence-electron chi connectivity index (χ3n) is 5.15.